The van der Waals surface area contributed by atoms with Gasteiger partial charge in [0.1, 0.15) is 23.2 Å². The number of benzene rings is 1. The summed E-state index contributed by atoms with van der Waals surface area (Å²) in [4.78, 5) is 25.7. The van der Waals surface area contributed by atoms with Crippen LogP contribution in [0.4, 0.5) is 0 Å². The van der Waals surface area contributed by atoms with Crippen LogP contribution in [0, 0.1) is 5.92 Å². The quantitative estimate of drug-likeness (QED) is 0.391. The molecule has 1 aromatic rings. The molecule has 0 unspecified atom stereocenters. The fourth-order valence-corrected chi connectivity index (χ4v) is 4.01. The topological polar surface area (TPSA) is 140 Å². The molecule has 0 bridgehead atoms. The van der Waals surface area contributed by atoms with Crippen molar-refractivity contribution in [3.63, 3.8) is 0 Å². The summed E-state index contributed by atoms with van der Waals surface area (Å²) in [5, 5.41) is 41.0. The molecule has 3 atom stereocenters. The first-order valence-electron chi connectivity index (χ1n) is 9.49. The van der Waals surface area contributed by atoms with Gasteiger partial charge in [0.2, 0.25) is 5.91 Å². The van der Waals surface area contributed by atoms with Crippen molar-refractivity contribution in [3.05, 3.63) is 23.3 Å². The number of carboxylic acids is 1. The molecule has 1 saturated carbocycles. The van der Waals surface area contributed by atoms with Crippen LogP contribution >= 0.6 is 0 Å². The van der Waals surface area contributed by atoms with Crippen LogP contribution in [-0.2, 0) is 11.2 Å². The number of carbonyl (C=O) groups is 2. The standard InChI is InChI=1S/C18H23BN2O7/c22-16-9(3-4-19(26)27)1-2-14(15(16)18(24)25)28-11-7-21(8-11)17(23)13-6-10-5-12(10)20-13/h1-2,10-13,20,22,26-27H,3-8H2,(H,24,25)/t10-,12-,13-/m0/s1. The smallest absolute Gasteiger partial charge is 0.451 e. The number of carboxylic acid groups (broad SMARTS) is 1. The molecule has 2 heterocycles. The molecule has 4 rings (SSSR count). The molecule has 9 nitrogen and oxygen atoms in total. The Labute approximate surface area is 162 Å². The third-order valence-corrected chi connectivity index (χ3v) is 5.74. The van der Waals surface area contributed by atoms with Crippen LogP contribution in [0.25, 0.3) is 0 Å². The number of piperidine rings is 1. The molecule has 0 aromatic heterocycles. The molecular formula is C18H23BN2O7. The second kappa shape index (κ2) is 7.27. The van der Waals surface area contributed by atoms with Gasteiger partial charge in [0.05, 0.1) is 19.1 Å². The highest BCUT2D eigenvalue weighted by Crippen LogP contribution is 2.41. The van der Waals surface area contributed by atoms with Crippen LogP contribution in [-0.4, -0.2) is 75.4 Å². The number of hydrogen-bond donors (Lipinski definition) is 5. The van der Waals surface area contributed by atoms with E-state index in [9.17, 15) is 19.8 Å². The van der Waals surface area contributed by atoms with Gasteiger partial charge in [-0.15, -0.1) is 0 Å². The van der Waals surface area contributed by atoms with E-state index >= 15 is 0 Å². The van der Waals surface area contributed by atoms with E-state index in [2.05, 4.69) is 5.32 Å². The second-order valence-corrected chi connectivity index (χ2v) is 7.81. The van der Waals surface area contributed by atoms with Gasteiger partial charge in [-0.05, 0) is 43.1 Å². The van der Waals surface area contributed by atoms with E-state index in [1.807, 2.05) is 0 Å². The fraction of sp³-hybridized carbons (Fsp3) is 0.556. The fourth-order valence-electron chi connectivity index (χ4n) is 4.01. The van der Waals surface area contributed by atoms with Crippen molar-refractivity contribution in [1.29, 1.82) is 0 Å². The van der Waals surface area contributed by atoms with Gasteiger partial charge in [0.25, 0.3) is 0 Å². The van der Waals surface area contributed by atoms with Crippen molar-refractivity contribution >= 4 is 19.0 Å². The van der Waals surface area contributed by atoms with E-state index in [1.54, 1.807) is 4.90 Å². The zero-order chi connectivity index (χ0) is 20.0. The molecule has 0 spiro atoms. The molecular weight excluding hydrogens is 367 g/mol. The largest absolute Gasteiger partial charge is 0.507 e. The first-order chi connectivity index (χ1) is 13.3. The van der Waals surface area contributed by atoms with E-state index in [0.29, 0.717) is 30.6 Å². The average molecular weight is 390 g/mol. The third-order valence-electron chi connectivity index (χ3n) is 5.74. The van der Waals surface area contributed by atoms with Gasteiger partial charge in [-0.3, -0.25) is 4.79 Å². The number of nitrogens with one attached hydrogen (secondary N) is 1. The summed E-state index contributed by atoms with van der Waals surface area (Å²) in [5.74, 6) is -1.04. The number of rotatable bonds is 7. The van der Waals surface area contributed by atoms with Crippen molar-refractivity contribution in [2.75, 3.05) is 13.1 Å². The molecule has 3 fully saturated rings. The summed E-state index contributed by atoms with van der Waals surface area (Å²) in [6.07, 6.45) is 1.80. The van der Waals surface area contributed by atoms with Crippen LogP contribution in [0.15, 0.2) is 12.1 Å². The normalized spacial score (nSPS) is 25.8. The predicted octanol–water partition coefficient (Wildman–Crippen LogP) is -0.554. The zero-order valence-electron chi connectivity index (χ0n) is 15.2. The maximum absolute atomic E-state index is 12.4. The highest BCUT2D eigenvalue weighted by Gasteiger charge is 2.49. The Bertz CT molecular complexity index is 786. The summed E-state index contributed by atoms with van der Waals surface area (Å²) >= 11 is 0. The van der Waals surface area contributed by atoms with E-state index < -0.39 is 18.8 Å². The third kappa shape index (κ3) is 3.67. The number of carbonyl (C=O) groups excluding carboxylic acids is 1. The summed E-state index contributed by atoms with van der Waals surface area (Å²) in [7, 11) is -1.54. The number of phenols is 1. The Hall–Kier alpha value is -2.30. The predicted molar refractivity (Wildman–Crippen MR) is 98.2 cm³/mol. The molecule has 10 heteroatoms. The number of amides is 1. The Balaban J connectivity index is 1.37. The van der Waals surface area contributed by atoms with E-state index in [0.717, 1.165) is 12.8 Å². The lowest BCUT2D eigenvalue weighted by molar-refractivity contribution is -0.142. The molecule has 2 aliphatic heterocycles. The first kappa shape index (κ1) is 19.0. The maximum atomic E-state index is 12.4. The van der Waals surface area contributed by atoms with Gasteiger partial charge in [-0.2, -0.15) is 0 Å². The number of aromatic hydroxyl groups is 1. The van der Waals surface area contributed by atoms with Crippen LogP contribution in [0.2, 0.25) is 6.32 Å². The molecule has 1 amide bonds. The van der Waals surface area contributed by atoms with Crippen LogP contribution in [0.3, 0.4) is 0 Å². The minimum Gasteiger partial charge on any atom is -0.507 e. The van der Waals surface area contributed by atoms with E-state index in [-0.39, 0.29) is 42.1 Å². The summed E-state index contributed by atoms with van der Waals surface area (Å²) < 4.78 is 5.72. The Morgan fingerprint density at radius 1 is 1.25 bits per heavy atom. The van der Waals surface area contributed by atoms with Gasteiger partial charge < -0.3 is 35.2 Å². The zero-order valence-corrected chi connectivity index (χ0v) is 15.2. The Morgan fingerprint density at radius 3 is 2.61 bits per heavy atom. The summed E-state index contributed by atoms with van der Waals surface area (Å²) in [5.41, 5.74) is -0.0543. The van der Waals surface area contributed by atoms with Crippen molar-refractivity contribution in [3.8, 4) is 11.5 Å². The number of fused-ring (bicyclic) bond motifs is 1. The van der Waals surface area contributed by atoms with Gasteiger partial charge >= 0.3 is 13.1 Å². The molecule has 28 heavy (non-hydrogen) atoms. The number of aromatic carboxylic acids is 1. The Kier molecular flexibility index (Phi) is 4.94. The van der Waals surface area contributed by atoms with Gasteiger partial charge in [0.15, 0.2) is 0 Å². The number of ether oxygens (including phenoxy) is 1. The highest BCUT2D eigenvalue weighted by molar-refractivity contribution is 6.41. The van der Waals surface area contributed by atoms with Crippen LogP contribution in [0.5, 0.6) is 11.5 Å². The van der Waals surface area contributed by atoms with E-state index in [1.165, 1.54) is 12.1 Å². The number of nitrogens with zero attached hydrogens (tertiary/aromatic N) is 1. The van der Waals surface area contributed by atoms with Crippen molar-refractivity contribution in [2.24, 2.45) is 5.92 Å². The molecule has 5 N–H and O–H groups in total. The maximum Gasteiger partial charge on any atom is 0.451 e. The average Bonchev–Trinajstić information content (AvgIpc) is 3.21. The number of likely N-dealkylation sites (tertiary alicyclic amines) is 1. The van der Waals surface area contributed by atoms with Crippen molar-refractivity contribution in [1.82, 2.24) is 10.2 Å². The van der Waals surface area contributed by atoms with Crippen LogP contribution in [0.1, 0.15) is 28.8 Å². The molecule has 1 aliphatic carbocycles. The number of hydrogen-bond acceptors (Lipinski definition) is 7. The van der Waals surface area contributed by atoms with Crippen molar-refractivity contribution in [2.45, 2.75) is 43.8 Å². The minimum atomic E-state index is -1.54. The lowest BCUT2D eigenvalue weighted by Crippen LogP contribution is -2.60. The molecule has 0 radical (unpaired) electrons. The second-order valence-electron chi connectivity index (χ2n) is 7.81. The summed E-state index contributed by atoms with van der Waals surface area (Å²) in [6, 6.07) is 3.34. The minimum absolute atomic E-state index is 0.0244. The van der Waals surface area contributed by atoms with Crippen LogP contribution < -0.4 is 10.1 Å². The molecule has 3 aliphatic rings. The van der Waals surface area contributed by atoms with Gasteiger partial charge in [-0.25, -0.2) is 4.79 Å². The summed E-state index contributed by atoms with van der Waals surface area (Å²) in [6.45, 7) is 0.759. The molecule has 2 saturated heterocycles. The van der Waals surface area contributed by atoms with Gasteiger partial charge in [0, 0.05) is 6.04 Å². The lowest BCUT2D eigenvalue weighted by Gasteiger charge is -2.40. The van der Waals surface area contributed by atoms with Crippen molar-refractivity contribution < 1.29 is 34.6 Å². The first-order valence-corrected chi connectivity index (χ1v) is 9.49. The highest BCUT2D eigenvalue weighted by atomic mass is 16.5. The monoisotopic (exact) mass is 390 g/mol. The number of aryl methyl sites for hydroxylation is 1. The van der Waals surface area contributed by atoms with Gasteiger partial charge in [-0.1, -0.05) is 6.07 Å². The lowest BCUT2D eigenvalue weighted by atomic mass is 9.82. The van der Waals surface area contributed by atoms with E-state index in [4.69, 9.17) is 14.8 Å². The Morgan fingerprint density at radius 2 is 2.00 bits per heavy atom. The molecule has 150 valence electrons. The molecule has 1 aromatic carbocycles. The SMILES string of the molecule is O=C(O)c1c(OC2CN(C(=O)[C@@H]3C[C@@H]4C[C@@H]4N3)C2)ccc(CCB(O)O)c1O.